The van der Waals surface area contributed by atoms with Crippen LogP contribution in [-0.4, -0.2) is 40.7 Å². The van der Waals surface area contributed by atoms with Gasteiger partial charge in [-0.05, 0) is 55.9 Å². The second kappa shape index (κ2) is 13.8. The van der Waals surface area contributed by atoms with E-state index in [4.69, 9.17) is 18.9 Å². The Hall–Kier alpha value is -2.93. The maximum absolute atomic E-state index is 6.92. The number of hydrogen-bond donors (Lipinski definition) is 0. The Morgan fingerprint density at radius 1 is 0.581 bits per heavy atom. The van der Waals surface area contributed by atoms with Crippen LogP contribution in [0.1, 0.15) is 41.7 Å². The third-order valence-corrected chi connectivity index (χ3v) is 9.83. The van der Waals surface area contributed by atoms with E-state index in [2.05, 4.69) is 116 Å². The van der Waals surface area contributed by atoms with Crippen molar-refractivity contribution in [1.29, 1.82) is 0 Å². The number of ether oxygens (including phenoxy) is 4. The number of hydrogen-bond acceptors (Lipinski definition) is 5. The molecule has 2 aliphatic rings. The molecule has 2 fully saturated rings. The van der Waals surface area contributed by atoms with Crippen LogP contribution in [0.3, 0.4) is 0 Å². The zero-order chi connectivity index (χ0) is 29.6. The van der Waals surface area contributed by atoms with Gasteiger partial charge in [-0.15, -0.1) is 11.8 Å². The standard InChI is InChI=1S/C38H42O4S/c1-27-14-13-21-31(22-27)26-40-35-33(24-29-17-9-5-10-18-29)43-32(23-28-15-7-4-8-16-28)34(36-37(35)42-38(2,3)41-36)39-25-30-19-11-6-12-20-30/h4-22,32-37H,23-26H2,1-3H3/t32-,33-,34+,35+,36+,37+/m1/s1. The van der Waals surface area contributed by atoms with Crippen LogP contribution in [0.25, 0.3) is 0 Å². The summed E-state index contributed by atoms with van der Waals surface area (Å²) in [6.07, 6.45) is 0.802. The molecule has 2 heterocycles. The number of fused-ring (bicyclic) bond motifs is 1. The average molecular weight is 595 g/mol. The molecule has 4 nitrogen and oxygen atoms in total. The number of thioether (sulfide) groups is 1. The molecule has 0 spiro atoms. The summed E-state index contributed by atoms with van der Waals surface area (Å²) < 4.78 is 27.3. The fourth-order valence-corrected chi connectivity index (χ4v) is 8.12. The van der Waals surface area contributed by atoms with Crippen LogP contribution >= 0.6 is 11.8 Å². The van der Waals surface area contributed by atoms with Crippen LogP contribution in [0.4, 0.5) is 0 Å². The first-order chi connectivity index (χ1) is 20.9. The summed E-state index contributed by atoms with van der Waals surface area (Å²) in [5, 5.41) is 0.272. The fourth-order valence-electron chi connectivity index (χ4n) is 6.31. The lowest BCUT2D eigenvalue weighted by Gasteiger charge is -2.32. The Balaban J connectivity index is 1.37. The van der Waals surface area contributed by atoms with Crippen molar-refractivity contribution in [2.75, 3.05) is 0 Å². The lowest BCUT2D eigenvalue weighted by atomic mass is 9.94. The molecule has 2 aliphatic heterocycles. The van der Waals surface area contributed by atoms with Gasteiger partial charge in [0, 0.05) is 10.5 Å². The molecule has 6 atom stereocenters. The van der Waals surface area contributed by atoms with E-state index in [0.29, 0.717) is 13.2 Å². The molecule has 4 aromatic carbocycles. The van der Waals surface area contributed by atoms with E-state index in [-0.39, 0.29) is 34.9 Å². The second-order valence-electron chi connectivity index (χ2n) is 12.2. The summed E-state index contributed by atoms with van der Waals surface area (Å²) in [7, 11) is 0. The molecule has 0 unspecified atom stereocenters. The van der Waals surface area contributed by atoms with Crippen LogP contribution in [-0.2, 0) is 45.0 Å². The highest BCUT2D eigenvalue weighted by Crippen LogP contribution is 2.45. The van der Waals surface area contributed by atoms with E-state index in [0.717, 1.165) is 18.4 Å². The Labute approximate surface area is 260 Å². The topological polar surface area (TPSA) is 36.9 Å². The Bertz CT molecular complexity index is 1430. The first-order valence-electron chi connectivity index (χ1n) is 15.4. The minimum absolute atomic E-state index is 0.135. The lowest BCUT2D eigenvalue weighted by Crippen LogP contribution is -2.47. The van der Waals surface area contributed by atoms with Gasteiger partial charge in [0.2, 0.25) is 0 Å². The van der Waals surface area contributed by atoms with E-state index >= 15 is 0 Å². The minimum Gasteiger partial charge on any atom is -0.370 e. The summed E-state index contributed by atoms with van der Waals surface area (Å²) >= 11 is 1.98. The summed E-state index contributed by atoms with van der Waals surface area (Å²) in [5.41, 5.74) is 6.13. The van der Waals surface area contributed by atoms with E-state index in [1.165, 1.54) is 22.3 Å². The number of rotatable bonds is 10. The van der Waals surface area contributed by atoms with Gasteiger partial charge in [0.1, 0.15) is 12.2 Å². The normalized spacial score (nSPS) is 26.5. The van der Waals surface area contributed by atoms with Gasteiger partial charge < -0.3 is 18.9 Å². The van der Waals surface area contributed by atoms with Gasteiger partial charge >= 0.3 is 0 Å². The van der Waals surface area contributed by atoms with Crippen molar-refractivity contribution in [2.45, 2.75) is 87.5 Å². The highest BCUT2D eigenvalue weighted by Gasteiger charge is 2.55. The molecule has 0 bridgehead atoms. The molecule has 6 rings (SSSR count). The van der Waals surface area contributed by atoms with Crippen LogP contribution in [0.5, 0.6) is 0 Å². The SMILES string of the molecule is Cc1cccc(CO[C@@H]2[C@@H]3OC(C)(C)O[C@H]3[C@@H](OCc3ccccc3)[C@@H](Cc3ccccc3)S[C@@H]2Cc2ccccc2)c1. The maximum atomic E-state index is 6.92. The highest BCUT2D eigenvalue weighted by atomic mass is 32.2. The van der Waals surface area contributed by atoms with Gasteiger partial charge in [0.15, 0.2) is 5.79 Å². The van der Waals surface area contributed by atoms with E-state index in [1.807, 2.05) is 31.7 Å². The quantitative estimate of drug-likeness (QED) is 0.186. The molecule has 0 N–H and O–H groups in total. The molecule has 0 amide bonds. The predicted molar refractivity (Wildman–Crippen MR) is 174 cm³/mol. The number of aryl methyl sites for hydroxylation is 1. The van der Waals surface area contributed by atoms with Crippen molar-refractivity contribution in [2.24, 2.45) is 0 Å². The highest BCUT2D eigenvalue weighted by molar-refractivity contribution is 8.00. The van der Waals surface area contributed by atoms with Crippen molar-refractivity contribution < 1.29 is 18.9 Å². The van der Waals surface area contributed by atoms with Crippen molar-refractivity contribution in [3.05, 3.63) is 143 Å². The van der Waals surface area contributed by atoms with Crippen molar-refractivity contribution in [3.8, 4) is 0 Å². The maximum Gasteiger partial charge on any atom is 0.164 e. The van der Waals surface area contributed by atoms with Gasteiger partial charge in [-0.1, -0.05) is 121 Å². The third kappa shape index (κ3) is 7.78. The zero-order valence-corrected chi connectivity index (χ0v) is 26.1. The van der Waals surface area contributed by atoms with E-state index in [1.54, 1.807) is 0 Å². The minimum atomic E-state index is -0.745. The van der Waals surface area contributed by atoms with Crippen molar-refractivity contribution in [1.82, 2.24) is 0 Å². The second-order valence-corrected chi connectivity index (χ2v) is 13.7. The van der Waals surface area contributed by atoms with E-state index in [9.17, 15) is 0 Å². The first-order valence-corrected chi connectivity index (χ1v) is 16.3. The van der Waals surface area contributed by atoms with Gasteiger partial charge in [-0.3, -0.25) is 0 Å². The molecule has 224 valence electrons. The van der Waals surface area contributed by atoms with Crippen LogP contribution < -0.4 is 0 Å². The van der Waals surface area contributed by atoms with Crippen molar-refractivity contribution >= 4 is 11.8 Å². The summed E-state index contributed by atoms with van der Waals surface area (Å²) in [4.78, 5) is 0. The third-order valence-electron chi connectivity index (χ3n) is 8.26. The van der Waals surface area contributed by atoms with Crippen LogP contribution in [0, 0.1) is 6.92 Å². The lowest BCUT2D eigenvalue weighted by molar-refractivity contribution is -0.167. The molecular weight excluding hydrogens is 552 g/mol. The molecule has 2 saturated heterocycles. The Morgan fingerprint density at radius 3 is 1.51 bits per heavy atom. The van der Waals surface area contributed by atoms with Gasteiger partial charge in [0.25, 0.3) is 0 Å². The Kier molecular flexibility index (Phi) is 9.66. The molecule has 0 aliphatic carbocycles. The average Bonchev–Trinajstić information content (AvgIpc) is 3.28. The van der Waals surface area contributed by atoms with Gasteiger partial charge in [-0.25, -0.2) is 0 Å². The number of benzene rings is 4. The molecule has 43 heavy (non-hydrogen) atoms. The monoisotopic (exact) mass is 594 g/mol. The van der Waals surface area contributed by atoms with Crippen LogP contribution in [0.2, 0.25) is 0 Å². The molecule has 5 heteroatoms. The van der Waals surface area contributed by atoms with Gasteiger partial charge in [-0.2, -0.15) is 0 Å². The summed E-state index contributed by atoms with van der Waals surface area (Å²) in [5.74, 6) is -0.745. The van der Waals surface area contributed by atoms with Gasteiger partial charge in [0.05, 0.1) is 25.4 Å². The first kappa shape index (κ1) is 30.1. The Morgan fingerprint density at radius 2 is 1.02 bits per heavy atom. The molecule has 0 saturated carbocycles. The summed E-state index contributed by atoms with van der Waals surface area (Å²) in [6.45, 7) is 7.18. The molecule has 0 radical (unpaired) electrons. The largest absolute Gasteiger partial charge is 0.370 e. The van der Waals surface area contributed by atoms with Crippen LogP contribution in [0.15, 0.2) is 115 Å². The fraction of sp³-hybridized carbons (Fsp3) is 0.368. The zero-order valence-electron chi connectivity index (χ0n) is 25.3. The predicted octanol–water partition coefficient (Wildman–Crippen LogP) is 7.96. The van der Waals surface area contributed by atoms with Crippen molar-refractivity contribution in [3.63, 3.8) is 0 Å². The smallest absolute Gasteiger partial charge is 0.164 e. The van der Waals surface area contributed by atoms with E-state index < -0.39 is 5.79 Å². The molecular formula is C38H42O4S. The molecule has 4 aromatic rings. The molecule has 0 aromatic heterocycles. The summed E-state index contributed by atoms with van der Waals surface area (Å²) in [6, 6.07) is 40.5.